The summed E-state index contributed by atoms with van der Waals surface area (Å²) in [6, 6.07) is 16.6. The van der Waals surface area contributed by atoms with Gasteiger partial charge in [-0.1, -0.05) is 24.3 Å². The van der Waals surface area contributed by atoms with Crippen LogP contribution in [-0.4, -0.2) is 60.8 Å². The van der Waals surface area contributed by atoms with E-state index in [-0.39, 0.29) is 17.0 Å². The first-order chi connectivity index (χ1) is 13.8. The number of nitrogens with one attached hydrogen (secondary N) is 1. The second kappa shape index (κ2) is 9.98. The molecule has 0 aliphatic carbocycles. The summed E-state index contributed by atoms with van der Waals surface area (Å²) in [6.45, 7) is 9.16. The van der Waals surface area contributed by atoms with Crippen LogP contribution in [0.2, 0.25) is 0 Å². The molecule has 0 atom stereocenters. The first-order valence-corrected chi connectivity index (χ1v) is 10.1. The largest absolute Gasteiger partial charge is 0.495 e. The lowest BCUT2D eigenvalue weighted by Crippen LogP contribution is -2.47. The maximum absolute atomic E-state index is 5.51. The Hall–Kier alpha value is -2.25. The summed E-state index contributed by atoms with van der Waals surface area (Å²) in [6.07, 6.45) is 0. The third kappa shape index (κ3) is 4.67. The highest BCUT2D eigenvalue weighted by molar-refractivity contribution is 8.93. The molecule has 2 heterocycles. The Morgan fingerprint density at radius 1 is 1.00 bits per heavy atom. The van der Waals surface area contributed by atoms with Gasteiger partial charge in [0.05, 0.1) is 23.8 Å². The first kappa shape index (κ1) is 21.5. The molecular weight excluding hydrogens is 430 g/mol. The molecule has 1 aliphatic rings. The summed E-state index contributed by atoms with van der Waals surface area (Å²) in [5, 5.41) is 3.54. The van der Waals surface area contributed by atoms with E-state index in [9.17, 15) is 0 Å². The second-order valence-electron chi connectivity index (χ2n) is 7.10. The lowest BCUT2D eigenvalue weighted by molar-refractivity contribution is 0.266. The number of benzene rings is 2. The van der Waals surface area contributed by atoms with Crippen molar-refractivity contribution < 1.29 is 4.74 Å². The van der Waals surface area contributed by atoms with E-state index in [1.54, 1.807) is 7.11 Å². The predicted octanol–water partition coefficient (Wildman–Crippen LogP) is 3.88. The van der Waals surface area contributed by atoms with Crippen molar-refractivity contribution in [3.8, 4) is 5.75 Å². The molecule has 0 radical (unpaired) electrons. The summed E-state index contributed by atoms with van der Waals surface area (Å²) in [4.78, 5) is 9.68. The van der Waals surface area contributed by atoms with Crippen LogP contribution in [0.15, 0.2) is 48.5 Å². The quantitative estimate of drug-likeness (QED) is 0.580. The van der Waals surface area contributed by atoms with Crippen molar-refractivity contribution in [3.05, 3.63) is 48.5 Å². The van der Waals surface area contributed by atoms with Gasteiger partial charge in [-0.3, -0.25) is 4.90 Å². The zero-order chi connectivity index (χ0) is 19.3. The number of halogens is 1. The smallest absolute Gasteiger partial charge is 0.203 e. The SMILES string of the molecule is Br.CCn1c(NCCN2CCN(c3ccccc3OC)CC2)nc2ccccc21. The number of anilines is 2. The fourth-order valence-electron chi connectivity index (χ4n) is 3.96. The summed E-state index contributed by atoms with van der Waals surface area (Å²) in [5.41, 5.74) is 3.44. The Bertz CT molecular complexity index is 920. The number of fused-ring (bicyclic) bond motifs is 1. The van der Waals surface area contributed by atoms with E-state index in [2.05, 4.69) is 56.9 Å². The highest BCUT2D eigenvalue weighted by atomic mass is 79.9. The summed E-state index contributed by atoms with van der Waals surface area (Å²) in [5.74, 6) is 1.92. The summed E-state index contributed by atoms with van der Waals surface area (Å²) < 4.78 is 7.76. The van der Waals surface area contributed by atoms with Crippen LogP contribution in [-0.2, 0) is 6.54 Å². The second-order valence-corrected chi connectivity index (χ2v) is 7.10. The van der Waals surface area contributed by atoms with Crippen LogP contribution in [0.3, 0.4) is 0 Å². The van der Waals surface area contributed by atoms with Crippen LogP contribution in [0.25, 0.3) is 11.0 Å². The summed E-state index contributed by atoms with van der Waals surface area (Å²) in [7, 11) is 1.74. The highest BCUT2D eigenvalue weighted by Crippen LogP contribution is 2.28. The van der Waals surface area contributed by atoms with Gasteiger partial charge in [-0.25, -0.2) is 4.98 Å². The minimum absolute atomic E-state index is 0. The molecule has 3 aromatic rings. The van der Waals surface area contributed by atoms with Gasteiger partial charge in [0.15, 0.2) is 0 Å². The van der Waals surface area contributed by atoms with Gasteiger partial charge in [0, 0.05) is 45.8 Å². The average molecular weight is 460 g/mol. The van der Waals surface area contributed by atoms with Crippen molar-refractivity contribution in [1.82, 2.24) is 14.5 Å². The van der Waals surface area contributed by atoms with E-state index in [0.29, 0.717) is 0 Å². The van der Waals surface area contributed by atoms with E-state index in [4.69, 9.17) is 9.72 Å². The number of aromatic nitrogens is 2. The van der Waals surface area contributed by atoms with Crippen LogP contribution >= 0.6 is 17.0 Å². The minimum Gasteiger partial charge on any atom is -0.495 e. The van der Waals surface area contributed by atoms with Gasteiger partial charge < -0.3 is 19.5 Å². The first-order valence-electron chi connectivity index (χ1n) is 10.1. The molecule has 2 aromatic carbocycles. The number of para-hydroxylation sites is 4. The zero-order valence-corrected chi connectivity index (χ0v) is 18.9. The van der Waals surface area contributed by atoms with Gasteiger partial charge in [0.2, 0.25) is 5.95 Å². The molecule has 6 nitrogen and oxygen atoms in total. The number of nitrogens with zero attached hydrogens (tertiary/aromatic N) is 4. The molecule has 1 saturated heterocycles. The van der Waals surface area contributed by atoms with E-state index in [1.807, 2.05) is 18.2 Å². The van der Waals surface area contributed by atoms with Gasteiger partial charge in [-0.2, -0.15) is 0 Å². The maximum atomic E-state index is 5.51. The summed E-state index contributed by atoms with van der Waals surface area (Å²) >= 11 is 0. The standard InChI is InChI=1S/C22H29N5O.BrH/c1-3-27-19-9-5-4-8-18(19)24-22(27)23-12-13-25-14-16-26(17-15-25)20-10-6-7-11-21(20)28-2;/h4-11H,3,12-17H2,1-2H3,(H,23,24);1H. The lowest BCUT2D eigenvalue weighted by Gasteiger charge is -2.36. The average Bonchev–Trinajstić information content (AvgIpc) is 3.11. The lowest BCUT2D eigenvalue weighted by atomic mass is 10.2. The number of hydrogen-bond acceptors (Lipinski definition) is 5. The highest BCUT2D eigenvalue weighted by Gasteiger charge is 2.19. The van der Waals surface area contributed by atoms with Gasteiger partial charge in [-0.15, -0.1) is 17.0 Å². The third-order valence-electron chi connectivity index (χ3n) is 5.48. The Labute approximate surface area is 183 Å². The number of hydrogen-bond donors (Lipinski definition) is 1. The minimum atomic E-state index is 0. The van der Waals surface area contributed by atoms with Gasteiger partial charge in [0.25, 0.3) is 0 Å². The molecule has 1 fully saturated rings. The van der Waals surface area contributed by atoms with Gasteiger partial charge in [0.1, 0.15) is 5.75 Å². The molecule has 1 N–H and O–H groups in total. The molecule has 1 aromatic heterocycles. The third-order valence-corrected chi connectivity index (χ3v) is 5.48. The number of rotatable bonds is 7. The van der Waals surface area contributed by atoms with Crippen molar-refractivity contribution in [2.45, 2.75) is 13.5 Å². The molecule has 0 unspecified atom stereocenters. The van der Waals surface area contributed by atoms with Crippen molar-refractivity contribution in [2.75, 3.05) is 56.6 Å². The van der Waals surface area contributed by atoms with E-state index in [0.717, 1.165) is 63.0 Å². The van der Waals surface area contributed by atoms with Crippen molar-refractivity contribution >= 4 is 39.7 Å². The monoisotopic (exact) mass is 459 g/mol. The molecule has 29 heavy (non-hydrogen) atoms. The van der Waals surface area contributed by atoms with Crippen molar-refractivity contribution in [3.63, 3.8) is 0 Å². The molecule has 7 heteroatoms. The number of aryl methyl sites for hydroxylation is 1. The van der Waals surface area contributed by atoms with Crippen LogP contribution in [0.4, 0.5) is 11.6 Å². The van der Waals surface area contributed by atoms with Gasteiger partial charge >= 0.3 is 0 Å². The normalized spacial score (nSPS) is 14.6. The topological polar surface area (TPSA) is 45.6 Å². The molecule has 0 bridgehead atoms. The Morgan fingerprint density at radius 3 is 2.48 bits per heavy atom. The zero-order valence-electron chi connectivity index (χ0n) is 17.2. The van der Waals surface area contributed by atoms with E-state index in [1.165, 1.54) is 11.2 Å². The molecule has 4 rings (SSSR count). The van der Waals surface area contributed by atoms with Crippen molar-refractivity contribution in [2.24, 2.45) is 0 Å². The van der Waals surface area contributed by atoms with E-state index < -0.39 is 0 Å². The van der Waals surface area contributed by atoms with Crippen LogP contribution in [0, 0.1) is 0 Å². The van der Waals surface area contributed by atoms with Crippen LogP contribution in [0.5, 0.6) is 5.75 Å². The molecular formula is C22H30BrN5O. The number of imidazole rings is 1. The fraction of sp³-hybridized carbons (Fsp3) is 0.409. The molecule has 0 spiro atoms. The number of ether oxygens (including phenoxy) is 1. The molecule has 1 aliphatic heterocycles. The van der Waals surface area contributed by atoms with Crippen LogP contribution < -0.4 is 15.0 Å². The van der Waals surface area contributed by atoms with Crippen LogP contribution in [0.1, 0.15) is 6.92 Å². The fourth-order valence-corrected chi connectivity index (χ4v) is 3.96. The van der Waals surface area contributed by atoms with E-state index >= 15 is 0 Å². The Morgan fingerprint density at radius 2 is 1.72 bits per heavy atom. The maximum Gasteiger partial charge on any atom is 0.203 e. The molecule has 0 saturated carbocycles. The number of piperazine rings is 1. The molecule has 0 amide bonds. The Balaban J connectivity index is 0.00000240. The predicted molar refractivity (Wildman–Crippen MR) is 126 cm³/mol. The van der Waals surface area contributed by atoms with Crippen molar-refractivity contribution in [1.29, 1.82) is 0 Å². The number of methoxy groups -OCH3 is 1. The Kier molecular flexibility index (Phi) is 7.39. The van der Waals surface area contributed by atoms with Gasteiger partial charge in [-0.05, 0) is 31.2 Å². The molecule has 156 valence electrons.